The Morgan fingerprint density at radius 2 is 1.47 bits per heavy atom. The molecule has 1 unspecified atom stereocenters. The van der Waals surface area contributed by atoms with E-state index in [0.717, 1.165) is 83.7 Å². The second-order valence-corrected chi connectivity index (χ2v) is 13.9. The molecule has 0 spiro atoms. The maximum Gasteiger partial charge on any atom is 0.407 e. The number of imidazole rings is 1. The van der Waals surface area contributed by atoms with Gasteiger partial charge in [0.25, 0.3) is 0 Å². The van der Waals surface area contributed by atoms with Crippen LogP contribution in [0.1, 0.15) is 75.0 Å². The zero-order valence-corrected chi connectivity index (χ0v) is 30.5. The van der Waals surface area contributed by atoms with Crippen molar-refractivity contribution in [2.75, 3.05) is 26.7 Å². The molecule has 3 amide bonds. The van der Waals surface area contributed by atoms with E-state index in [1.165, 1.54) is 12.7 Å². The predicted octanol–water partition coefficient (Wildman–Crippen LogP) is 6.68. The van der Waals surface area contributed by atoms with Crippen molar-refractivity contribution in [1.82, 2.24) is 30.4 Å². The number of nitrogens with zero attached hydrogens (tertiary/aromatic N) is 4. The van der Waals surface area contributed by atoms with Crippen LogP contribution in [0.5, 0.6) is 0 Å². The highest BCUT2D eigenvalue weighted by Gasteiger charge is 2.37. The molecule has 0 aliphatic carbocycles. The Morgan fingerprint density at radius 3 is 2.13 bits per heavy atom. The first kappa shape index (κ1) is 35.8. The highest BCUT2D eigenvalue weighted by Crippen LogP contribution is 2.34. The lowest BCUT2D eigenvalue weighted by atomic mass is 9.96. The Hall–Kier alpha value is -5.55. The summed E-state index contributed by atoms with van der Waals surface area (Å²) in [5.74, 6) is 0.697. The van der Waals surface area contributed by atoms with Crippen LogP contribution in [0.3, 0.4) is 0 Å². The molecule has 53 heavy (non-hydrogen) atoms. The number of methoxy groups -OCH3 is 1. The summed E-state index contributed by atoms with van der Waals surface area (Å²) in [6, 6.07) is 25.7. The van der Waals surface area contributed by atoms with Gasteiger partial charge in [-0.1, -0.05) is 85.8 Å². The van der Waals surface area contributed by atoms with Crippen LogP contribution in [-0.4, -0.2) is 82.2 Å². The van der Waals surface area contributed by atoms with Crippen molar-refractivity contribution in [3.63, 3.8) is 0 Å². The molecule has 0 bridgehead atoms. The highest BCUT2D eigenvalue weighted by atomic mass is 16.5. The lowest BCUT2D eigenvalue weighted by Gasteiger charge is -2.30. The van der Waals surface area contributed by atoms with Crippen LogP contribution >= 0.6 is 0 Å². The molecule has 3 aliphatic heterocycles. The molecule has 2 fully saturated rings. The molecule has 7 rings (SSSR count). The monoisotopic (exact) mass is 713 g/mol. The summed E-state index contributed by atoms with van der Waals surface area (Å²) in [5, 5.41) is 5.97. The molecule has 0 saturated carbocycles. The number of likely N-dealkylation sites (tertiary alicyclic amines) is 2. The van der Waals surface area contributed by atoms with Crippen LogP contribution in [0, 0.1) is 0 Å². The maximum atomic E-state index is 13.8. The van der Waals surface area contributed by atoms with Crippen molar-refractivity contribution in [2.45, 2.75) is 70.1 Å². The summed E-state index contributed by atoms with van der Waals surface area (Å²) in [7, 11) is 1.28. The van der Waals surface area contributed by atoms with Crippen LogP contribution in [0.15, 0.2) is 96.3 Å². The van der Waals surface area contributed by atoms with E-state index in [2.05, 4.69) is 73.9 Å². The molecule has 1 aromatic heterocycles. The molecule has 4 heterocycles. The summed E-state index contributed by atoms with van der Waals surface area (Å²) >= 11 is 0. The van der Waals surface area contributed by atoms with Gasteiger partial charge >= 0.3 is 6.09 Å². The van der Waals surface area contributed by atoms with Gasteiger partial charge in [-0.25, -0.2) is 9.78 Å². The minimum Gasteiger partial charge on any atom is -0.453 e. The topological polar surface area (TPSA) is 132 Å². The first-order valence-corrected chi connectivity index (χ1v) is 18.6. The van der Waals surface area contributed by atoms with E-state index in [4.69, 9.17) is 4.99 Å². The predicted molar refractivity (Wildman–Crippen MR) is 206 cm³/mol. The zero-order valence-electron chi connectivity index (χ0n) is 30.5. The molecule has 3 aromatic carbocycles. The Kier molecular flexibility index (Phi) is 10.8. The Balaban J connectivity index is 0.967. The summed E-state index contributed by atoms with van der Waals surface area (Å²) in [5.41, 5.74) is 8.45. The van der Waals surface area contributed by atoms with Crippen molar-refractivity contribution >= 4 is 29.2 Å². The third kappa shape index (κ3) is 7.66. The number of amides is 3. The lowest BCUT2D eigenvalue weighted by Crippen LogP contribution is -2.46. The number of likely N-dealkylation sites (N-methyl/N-ethyl adjacent to an activating group) is 1. The molecule has 274 valence electrons. The first-order valence-electron chi connectivity index (χ1n) is 18.6. The third-order valence-electron chi connectivity index (χ3n) is 10.6. The number of carbonyl (C=O) groups excluding carboxylic acids is 3. The molecule has 3 N–H and O–H groups in total. The van der Waals surface area contributed by atoms with E-state index in [9.17, 15) is 14.4 Å². The number of rotatable bonds is 11. The van der Waals surface area contributed by atoms with Gasteiger partial charge in [0.1, 0.15) is 17.9 Å². The molecule has 4 aromatic rings. The second kappa shape index (κ2) is 16.0. The standard InChI is InChI=1S/C42H47N7O4/c1-4-43-38(32-10-6-5-7-11-32)41(51)48-22-8-12-36(48)34-24-33(25-44-34)30-16-14-28(15-17-30)29-18-20-31(21-19-29)35-26-45-39(47-35)37-13-9-23-49(37)40(50)27(2)46-42(52)53-3/h5-7,10-11,14-21,25-27,36-38,43H,4,8-9,12-13,22-24H2,1-3H3,(H,45,47)(H,46,52)/t27-,36-,37?,38+/m0/s1. The first-order chi connectivity index (χ1) is 25.8. The summed E-state index contributed by atoms with van der Waals surface area (Å²) in [6.07, 6.45) is 7.46. The number of alkyl carbamates (subject to hydrolysis) is 1. The average Bonchev–Trinajstić information content (AvgIpc) is 4.04. The fourth-order valence-electron chi connectivity index (χ4n) is 7.80. The SMILES string of the molecule is CCN[C@@H](C(=O)N1CCC[C@H]1C1=NC=C(c2ccc(-c3ccc(-c4cnc(C5CCCN5C(=O)[C@H](C)NC(=O)OC)[nH]4)cc3)cc2)C1)c1ccccc1. The summed E-state index contributed by atoms with van der Waals surface area (Å²) in [6.45, 7) is 5.77. The smallest absolute Gasteiger partial charge is 0.407 e. The van der Waals surface area contributed by atoms with Gasteiger partial charge in [0.15, 0.2) is 0 Å². The van der Waals surface area contributed by atoms with Gasteiger partial charge in [0, 0.05) is 31.4 Å². The van der Waals surface area contributed by atoms with Gasteiger partial charge < -0.3 is 30.2 Å². The van der Waals surface area contributed by atoms with E-state index in [1.54, 1.807) is 11.8 Å². The average molecular weight is 714 g/mol. The number of nitrogens with one attached hydrogen (secondary N) is 3. The highest BCUT2D eigenvalue weighted by molar-refractivity contribution is 6.03. The van der Waals surface area contributed by atoms with E-state index in [1.807, 2.05) is 54.6 Å². The number of hydrogen-bond donors (Lipinski definition) is 3. The van der Waals surface area contributed by atoms with Crippen molar-refractivity contribution in [3.05, 3.63) is 108 Å². The number of carbonyl (C=O) groups is 3. The quantitative estimate of drug-likeness (QED) is 0.159. The Labute approximate surface area is 310 Å². The van der Waals surface area contributed by atoms with Crippen LogP contribution < -0.4 is 10.6 Å². The number of aromatic amines is 1. The van der Waals surface area contributed by atoms with Gasteiger partial charge in [0.2, 0.25) is 11.8 Å². The van der Waals surface area contributed by atoms with E-state index >= 15 is 0 Å². The van der Waals surface area contributed by atoms with Gasteiger partial charge in [-0.05, 0) is 72.5 Å². The van der Waals surface area contributed by atoms with Crippen LogP contribution in [0.25, 0.3) is 28.0 Å². The van der Waals surface area contributed by atoms with Crippen molar-refractivity contribution in [3.8, 4) is 22.4 Å². The molecular formula is C42H47N7O4. The summed E-state index contributed by atoms with van der Waals surface area (Å²) in [4.78, 5) is 55.3. The summed E-state index contributed by atoms with van der Waals surface area (Å²) < 4.78 is 4.65. The fourth-order valence-corrected chi connectivity index (χ4v) is 7.80. The number of aromatic nitrogens is 2. The van der Waals surface area contributed by atoms with Gasteiger partial charge in [0.05, 0.1) is 31.1 Å². The Bertz CT molecular complexity index is 1990. The lowest BCUT2D eigenvalue weighted by molar-refractivity contribution is -0.134. The molecule has 3 aliphatic rings. The maximum absolute atomic E-state index is 13.8. The molecule has 0 radical (unpaired) electrons. The van der Waals surface area contributed by atoms with Crippen LogP contribution in [0.2, 0.25) is 0 Å². The van der Waals surface area contributed by atoms with Crippen LogP contribution in [-0.2, 0) is 14.3 Å². The third-order valence-corrected chi connectivity index (χ3v) is 10.6. The molecule has 4 atom stereocenters. The second-order valence-electron chi connectivity index (χ2n) is 13.9. The normalized spacial score (nSPS) is 19.5. The van der Waals surface area contributed by atoms with Crippen molar-refractivity contribution in [2.24, 2.45) is 4.99 Å². The number of hydrogen-bond acceptors (Lipinski definition) is 7. The minimum absolute atomic E-state index is 0.0171. The van der Waals surface area contributed by atoms with Crippen molar-refractivity contribution in [1.29, 1.82) is 0 Å². The van der Waals surface area contributed by atoms with E-state index in [-0.39, 0.29) is 29.9 Å². The molecule has 2 saturated heterocycles. The molecule has 11 heteroatoms. The fraction of sp³-hybridized carbons (Fsp3) is 0.357. The number of allylic oxidation sites excluding steroid dienone is 1. The zero-order chi connectivity index (χ0) is 36.9. The van der Waals surface area contributed by atoms with Gasteiger partial charge in [-0.15, -0.1) is 0 Å². The van der Waals surface area contributed by atoms with Crippen molar-refractivity contribution < 1.29 is 19.1 Å². The van der Waals surface area contributed by atoms with E-state index < -0.39 is 12.1 Å². The minimum atomic E-state index is -0.693. The number of H-pyrrole nitrogens is 1. The van der Waals surface area contributed by atoms with Gasteiger partial charge in [-0.2, -0.15) is 0 Å². The number of ether oxygens (including phenoxy) is 1. The molecule has 11 nitrogen and oxygen atoms in total. The van der Waals surface area contributed by atoms with Gasteiger partial charge in [-0.3, -0.25) is 14.6 Å². The Morgan fingerprint density at radius 1 is 0.849 bits per heavy atom. The number of benzene rings is 3. The molecular weight excluding hydrogens is 667 g/mol. The van der Waals surface area contributed by atoms with Crippen LogP contribution in [0.4, 0.5) is 4.79 Å². The number of aliphatic imine (C=N–C) groups is 1. The van der Waals surface area contributed by atoms with E-state index in [0.29, 0.717) is 13.1 Å². The largest absolute Gasteiger partial charge is 0.453 e.